The van der Waals surface area contributed by atoms with Gasteiger partial charge in [0.05, 0.1) is 0 Å². The molecule has 1 fully saturated rings. The predicted octanol–water partition coefficient (Wildman–Crippen LogP) is 2.55. The topological polar surface area (TPSA) is 51.3 Å². The Kier molecular flexibility index (Phi) is 5.24. The summed E-state index contributed by atoms with van der Waals surface area (Å²) >= 11 is 0. The molecule has 2 heterocycles. The Balaban J connectivity index is 1.94. The summed E-state index contributed by atoms with van der Waals surface area (Å²) in [6, 6.07) is 2.07. The van der Waals surface area contributed by atoms with E-state index in [0.29, 0.717) is 12.5 Å². The molecular weight excluding hydrogens is 250 g/mol. The van der Waals surface area contributed by atoms with Crippen molar-refractivity contribution in [3.8, 4) is 0 Å². The molecule has 1 aromatic rings. The summed E-state index contributed by atoms with van der Waals surface area (Å²) in [6.07, 6.45) is 8.76. The smallest absolute Gasteiger partial charge is 0.242 e. The normalized spacial score (nSPS) is 18.1. The third-order valence-electron chi connectivity index (χ3n) is 4.15. The van der Waals surface area contributed by atoms with Crippen LogP contribution in [0.5, 0.6) is 0 Å². The predicted molar refractivity (Wildman–Crippen MR) is 81.2 cm³/mol. The molecule has 1 unspecified atom stereocenters. The lowest BCUT2D eigenvalue weighted by molar-refractivity contribution is -0.131. The summed E-state index contributed by atoms with van der Waals surface area (Å²) in [7, 11) is 0. The van der Waals surface area contributed by atoms with Crippen LogP contribution in [0.2, 0.25) is 0 Å². The maximum absolute atomic E-state index is 12.3. The summed E-state index contributed by atoms with van der Waals surface area (Å²) in [6.45, 7) is 6.50. The Labute approximate surface area is 121 Å². The molecule has 1 aliphatic heterocycles. The second-order valence-electron chi connectivity index (χ2n) is 6.18. The highest BCUT2D eigenvalue weighted by Gasteiger charge is 2.17. The van der Waals surface area contributed by atoms with Crippen molar-refractivity contribution in [3.63, 3.8) is 0 Å². The SMILES string of the molecule is CC(C)C(N)c1ccn(CC(=O)N2CCCCCC2)c1. The lowest BCUT2D eigenvalue weighted by Crippen LogP contribution is -2.34. The van der Waals surface area contributed by atoms with Crippen LogP contribution in [0.1, 0.15) is 51.1 Å². The largest absolute Gasteiger partial charge is 0.345 e. The highest BCUT2D eigenvalue weighted by Crippen LogP contribution is 2.19. The number of hydrogen-bond donors (Lipinski definition) is 1. The quantitative estimate of drug-likeness (QED) is 0.919. The zero-order valence-corrected chi connectivity index (χ0v) is 12.7. The monoisotopic (exact) mass is 277 g/mol. The number of carbonyl (C=O) groups excluding carboxylic acids is 1. The molecule has 0 radical (unpaired) electrons. The highest BCUT2D eigenvalue weighted by atomic mass is 16.2. The molecule has 20 heavy (non-hydrogen) atoms. The summed E-state index contributed by atoms with van der Waals surface area (Å²) in [4.78, 5) is 14.3. The zero-order valence-electron chi connectivity index (χ0n) is 12.7. The van der Waals surface area contributed by atoms with Crippen LogP contribution in [0.25, 0.3) is 0 Å². The van der Waals surface area contributed by atoms with Crippen LogP contribution in [-0.2, 0) is 11.3 Å². The second-order valence-corrected chi connectivity index (χ2v) is 6.18. The van der Waals surface area contributed by atoms with Gasteiger partial charge in [-0.2, -0.15) is 0 Å². The number of carbonyl (C=O) groups is 1. The molecule has 1 aliphatic rings. The van der Waals surface area contributed by atoms with Gasteiger partial charge in [-0.05, 0) is 30.4 Å². The van der Waals surface area contributed by atoms with Gasteiger partial charge in [-0.1, -0.05) is 26.7 Å². The van der Waals surface area contributed by atoms with Crippen LogP contribution in [0, 0.1) is 5.92 Å². The van der Waals surface area contributed by atoms with Gasteiger partial charge in [-0.15, -0.1) is 0 Å². The fourth-order valence-corrected chi connectivity index (χ4v) is 2.72. The van der Waals surface area contributed by atoms with Crippen molar-refractivity contribution >= 4 is 5.91 Å². The van der Waals surface area contributed by atoms with E-state index in [9.17, 15) is 4.79 Å². The maximum atomic E-state index is 12.3. The number of aromatic nitrogens is 1. The third-order valence-corrected chi connectivity index (χ3v) is 4.15. The van der Waals surface area contributed by atoms with Gasteiger partial charge in [0.2, 0.25) is 5.91 Å². The molecule has 0 spiro atoms. The first-order valence-corrected chi connectivity index (χ1v) is 7.77. The van der Waals surface area contributed by atoms with Crippen molar-refractivity contribution in [3.05, 3.63) is 24.0 Å². The van der Waals surface area contributed by atoms with Gasteiger partial charge < -0.3 is 15.2 Å². The number of amides is 1. The van der Waals surface area contributed by atoms with Crippen LogP contribution < -0.4 is 5.73 Å². The van der Waals surface area contributed by atoms with Crippen LogP contribution in [0.4, 0.5) is 0 Å². The summed E-state index contributed by atoms with van der Waals surface area (Å²) in [5, 5.41) is 0. The highest BCUT2D eigenvalue weighted by molar-refractivity contribution is 5.76. The average molecular weight is 277 g/mol. The Morgan fingerprint density at radius 3 is 2.50 bits per heavy atom. The van der Waals surface area contributed by atoms with Gasteiger partial charge in [-0.3, -0.25) is 4.79 Å². The number of hydrogen-bond acceptors (Lipinski definition) is 2. The Bertz CT molecular complexity index is 431. The van der Waals surface area contributed by atoms with E-state index in [1.807, 2.05) is 27.9 Å². The van der Waals surface area contributed by atoms with E-state index in [4.69, 9.17) is 5.73 Å². The van der Waals surface area contributed by atoms with Crippen molar-refractivity contribution in [2.24, 2.45) is 11.7 Å². The first kappa shape index (κ1) is 15.1. The van der Waals surface area contributed by atoms with Gasteiger partial charge in [0, 0.05) is 31.5 Å². The Morgan fingerprint density at radius 2 is 1.90 bits per heavy atom. The molecule has 2 rings (SSSR count). The van der Waals surface area contributed by atoms with Gasteiger partial charge in [0.15, 0.2) is 0 Å². The lowest BCUT2D eigenvalue weighted by atomic mass is 10.00. The molecule has 0 saturated carbocycles. The number of nitrogens with zero attached hydrogens (tertiary/aromatic N) is 2. The average Bonchev–Trinajstić information content (AvgIpc) is 2.71. The second kappa shape index (κ2) is 6.93. The third kappa shape index (κ3) is 3.85. The van der Waals surface area contributed by atoms with E-state index in [-0.39, 0.29) is 11.9 Å². The first-order valence-electron chi connectivity index (χ1n) is 7.77. The van der Waals surface area contributed by atoms with Gasteiger partial charge in [-0.25, -0.2) is 0 Å². The van der Waals surface area contributed by atoms with Crippen LogP contribution >= 0.6 is 0 Å². The molecule has 1 aromatic heterocycles. The molecule has 1 amide bonds. The number of rotatable bonds is 4. The van der Waals surface area contributed by atoms with E-state index in [1.54, 1.807) is 0 Å². The standard InChI is InChI=1S/C16H27N3O/c1-13(2)16(17)14-7-10-18(11-14)12-15(20)19-8-5-3-4-6-9-19/h7,10-11,13,16H,3-6,8-9,12,17H2,1-2H3. The van der Waals surface area contributed by atoms with Crippen molar-refractivity contribution in [1.82, 2.24) is 9.47 Å². The minimum Gasteiger partial charge on any atom is -0.345 e. The van der Waals surface area contributed by atoms with E-state index < -0.39 is 0 Å². The maximum Gasteiger partial charge on any atom is 0.242 e. The van der Waals surface area contributed by atoms with Gasteiger partial charge in [0.25, 0.3) is 0 Å². The van der Waals surface area contributed by atoms with Crippen LogP contribution in [0.15, 0.2) is 18.5 Å². The molecule has 1 atom stereocenters. The first-order chi connectivity index (χ1) is 9.58. The molecule has 4 heteroatoms. The zero-order chi connectivity index (χ0) is 14.5. The molecule has 0 bridgehead atoms. The van der Waals surface area contributed by atoms with E-state index in [1.165, 1.54) is 12.8 Å². The molecular formula is C16H27N3O. The fourth-order valence-electron chi connectivity index (χ4n) is 2.72. The van der Waals surface area contributed by atoms with E-state index >= 15 is 0 Å². The van der Waals surface area contributed by atoms with Crippen molar-refractivity contribution in [2.75, 3.05) is 13.1 Å². The minimum absolute atomic E-state index is 0.0459. The molecule has 4 nitrogen and oxygen atoms in total. The Hall–Kier alpha value is -1.29. The minimum atomic E-state index is 0.0459. The van der Waals surface area contributed by atoms with Crippen molar-refractivity contribution in [1.29, 1.82) is 0 Å². The van der Waals surface area contributed by atoms with Crippen molar-refractivity contribution < 1.29 is 4.79 Å². The summed E-state index contributed by atoms with van der Waals surface area (Å²) in [5.41, 5.74) is 7.25. The molecule has 1 saturated heterocycles. The molecule has 0 aliphatic carbocycles. The Morgan fingerprint density at radius 1 is 1.25 bits per heavy atom. The van der Waals surface area contributed by atoms with E-state index in [0.717, 1.165) is 31.5 Å². The van der Waals surface area contributed by atoms with Gasteiger partial charge >= 0.3 is 0 Å². The lowest BCUT2D eigenvalue weighted by Gasteiger charge is -2.20. The van der Waals surface area contributed by atoms with E-state index in [2.05, 4.69) is 13.8 Å². The number of likely N-dealkylation sites (tertiary alicyclic amines) is 1. The van der Waals surface area contributed by atoms with Crippen molar-refractivity contribution in [2.45, 2.75) is 52.1 Å². The molecule has 2 N–H and O–H groups in total. The molecule has 0 aromatic carbocycles. The van der Waals surface area contributed by atoms with Gasteiger partial charge in [0.1, 0.15) is 6.54 Å². The van der Waals surface area contributed by atoms with Crippen LogP contribution in [0.3, 0.4) is 0 Å². The molecule has 112 valence electrons. The summed E-state index contributed by atoms with van der Waals surface area (Å²) in [5.74, 6) is 0.638. The number of nitrogens with two attached hydrogens (primary N) is 1. The van der Waals surface area contributed by atoms with Crippen LogP contribution in [-0.4, -0.2) is 28.5 Å². The fraction of sp³-hybridized carbons (Fsp3) is 0.688. The summed E-state index contributed by atoms with van der Waals surface area (Å²) < 4.78 is 1.96.